The lowest BCUT2D eigenvalue weighted by Gasteiger charge is -2.35. The van der Waals surface area contributed by atoms with Gasteiger partial charge >= 0.3 is 0 Å². The summed E-state index contributed by atoms with van der Waals surface area (Å²) in [6, 6.07) is 5.86. The molecule has 2 rings (SSSR count). The molecular weight excluding hydrogens is 328 g/mol. The first-order chi connectivity index (χ1) is 12.1. The molecule has 144 valence electrons. The highest BCUT2D eigenvalue weighted by Gasteiger charge is 2.32. The highest BCUT2D eigenvalue weighted by atomic mass is 16.5. The average molecular weight is 360 g/mol. The van der Waals surface area contributed by atoms with Gasteiger partial charge in [0.15, 0.2) is 0 Å². The minimum atomic E-state index is -0.370. The molecule has 0 bridgehead atoms. The molecule has 0 saturated carbocycles. The number of nitrogens with zero attached hydrogens (tertiary/aromatic N) is 1. The van der Waals surface area contributed by atoms with E-state index in [1.807, 2.05) is 57.7 Å². The van der Waals surface area contributed by atoms with Crippen molar-refractivity contribution in [1.29, 1.82) is 0 Å². The Morgan fingerprint density at radius 2 is 1.85 bits per heavy atom. The van der Waals surface area contributed by atoms with Crippen molar-refractivity contribution in [1.82, 2.24) is 10.2 Å². The number of carbonyl (C=O) groups is 2. The predicted octanol–water partition coefficient (Wildman–Crippen LogP) is 3.47. The van der Waals surface area contributed by atoms with E-state index in [0.29, 0.717) is 25.9 Å². The van der Waals surface area contributed by atoms with Gasteiger partial charge in [0.05, 0.1) is 13.2 Å². The average Bonchev–Trinajstić information content (AvgIpc) is 2.60. The number of hydrogen-bond acceptors (Lipinski definition) is 3. The number of piperidine rings is 1. The maximum absolute atomic E-state index is 12.7. The van der Waals surface area contributed by atoms with Crippen molar-refractivity contribution in [3.8, 4) is 5.75 Å². The van der Waals surface area contributed by atoms with E-state index < -0.39 is 0 Å². The zero-order valence-corrected chi connectivity index (χ0v) is 16.9. The van der Waals surface area contributed by atoms with Crippen LogP contribution >= 0.6 is 0 Å². The van der Waals surface area contributed by atoms with E-state index in [1.165, 1.54) is 0 Å². The second kappa shape index (κ2) is 8.11. The van der Waals surface area contributed by atoms with Crippen LogP contribution in [0.5, 0.6) is 5.75 Å². The number of likely N-dealkylation sites (tertiary alicyclic amines) is 1. The Hall–Kier alpha value is -2.04. The van der Waals surface area contributed by atoms with Gasteiger partial charge in [0.1, 0.15) is 5.75 Å². The number of benzene rings is 1. The van der Waals surface area contributed by atoms with Gasteiger partial charge in [-0.3, -0.25) is 9.59 Å². The van der Waals surface area contributed by atoms with Crippen LogP contribution in [0.15, 0.2) is 18.2 Å². The van der Waals surface area contributed by atoms with Gasteiger partial charge < -0.3 is 15.0 Å². The highest BCUT2D eigenvalue weighted by Crippen LogP contribution is 2.28. The maximum atomic E-state index is 12.7. The van der Waals surface area contributed by atoms with Crippen LogP contribution in [-0.2, 0) is 9.59 Å². The number of rotatable bonds is 4. The summed E-state index contributed by atoms with van der Waals surface area (Å²) in [5.41, 5.74) is 1.75. The predicted molar refractivity (Wildman–Crippen MR) is 103 cm³/mol. The number of methoxy groups -OCH3 is 1. The van der Waals surface area contributed by atoms with Gasteiger partial charge in [0.2, 0.25) is 11.8 Å². The van der Waals surface area contributed by atoms with Crippen LogP contribution in [0, 0.1) is 18.3 Å². The van der Waals surface area contributed by atoms with Crippen molar-refractivity contribution in [2.24, 2.45) is 11.3 Å². The molecule has 1 aromatic carbocycles. The zero-order valence-electron chi connectivity index (χ0n) is 16.9. The summed E-state index contributed by atoms with van der Waals surface area (Å²) in [5.74, 6) is 0.962. The Balaban J connectivity index is 1.95. The molecule has 1 atom stereocenters. The number of ether oxygens (including phenoxy) is 1. The molecule has 1 aliphatic heterocycles. The van der Waals surface area contributed by atoms with Gasteiger partial charge in [-0.25, -0.2) is 0 Å². The molecule has 1 aromatic rings. The monoisotopic (exact) mass is 360 g/mol. The smallest absolute Gasteiger partial charge is 0.227 e. The summed E-state index contributed by atoms with van der Waals surface area (Å²) < 4.78 is 5.43. The standard InChI is InChI=1S/C21H32N2O3/c1-14-7-8-18(26-6)17(13-14)15(2)22-19(24)16-9-11-23(12-10-16)20(25)21(3,4)5/h7-8,13,15-16H,9-12H2,1-6H3,(H,22,24). The molecule has 0 aromatic heterocycles. The maximum Gasteiger partial charge on any atom is 0.227 e. The van der Waals surface area contributed by atoms with Crippen molar-refractivity contribution >= 4 is 11.8 Å². The van der Waals surface area contributed by atoms with Crippen molar-refractivity contribution in [3.63, 3.8) is 0 Å². The quantitative estimate of drug-likeness (QED) is 0.894. The molecule has 0 radical (unpaired) electrons. The third-order valence-corrected chi connectivity index (χ3v) is 5.01. The van der Waals surface area contributed by atoms with Crippen LogP contribution in [0.1, 0.15) is 57.7 Å². The fourth-order valence-corrected chi connectivity index (χ4v) is 3.42. The second-order valence-corrected chi connectivity index (χ2v) is 8.29. The molecular formula is C21H32N2O3. The van der Waals surface area contributed by atoms with Crippen molar-refractivity contribution < 1.29 is 14.3 Å². The van der Waals surface area contributed by atoms with Gasteiger partial charge in [-0.1, -0.05) is 38.5 Å². The Morgan fingerprint density at radius 1 is 1.23 bits per heavy atom. The topological polar surface area (TPSA) is 58.6 Å². The molecule has 1 heterocycles. The molecule has 0 spiro atoms. The summed E-state index contributed by atoms with van der Waals surface area (Å²) in [6.07, 6.45) is 1.43. The second-order valence-electron chi connectivity index (χ2n) is 8.29. The first-order valence-electron chi connectivity index (χ1n) is 9.37. The fourth-order valence-electron chi connectivity index (χ4n) is 3.42. The normalized spacial score (nSPS) is 16.9. The lowest BCUT2D eigenvalue weighted by molar-refractivity contribution is -0.142. The fraction of sp³-hybridized carbons (Fsp3) is 0.619. The van der Waals surface area contributed by atoms with E-state index in [4.69, 9.17) is 4.74 Å². The van der Waals surface area contributed by atoms with Crippen LogP contribution < -0.4 is 10.1 Å². The van der Waals surface area contributed by atoms with Crippen LogP contribution in [0.25, 0.3) is 0 Å². The van der Waals surface area contributed by atoms with Crippen LogP contribution in [0.4, 0.5) is 0 Å². The van der Waals surface area contributed by atoms with Gasteiger partial charge in [-0.05, 0) is 32.8 Å². The molecule has 1 aliphatic rings. The third kappa shape index (κ3) is 4.77. The van der Waals surface area contributed by atoms with Crippen molar-refractivity contribution in [2.45, 2.75) is 53.5 Å². The number of hydrogen-bond donors (Lipinski definition) is 1. The summed E-state index contributed by atoms with van der Waals surface area (Å²) in [7, 11) is 1.64. The Morgan fingerprint density at radius 3 is 2.38 bits per heavy atom. The molecule has 5 nitrogen and oxygen atoms in total. The van der Waals surface area contributed by atoms with E-state index in [-0.39, 0.29) is 29.2 Å². The summed E-state index contributed by atoms with van der Waals surface area (Å²) in [4.78, 5) is 26.9. The largest absolute Gasteiger partial charge is 0.496 e. The lowest BCUT2D eigenvalue weighted by atomic mass is 9.90. The number of aryl methyl sites for hydroxylation is 1. The van der Waals surface area contributed by atoms with Crippen molar-refractivity contribution in [2.75, 3.05) is 20.2 Å². The summed E-state index contributed by atoms with van der Waals surface area (Å²) in [6.45, 7) is 11.1. The molecule has 5 heteroatoms. The van der Waals surface area contributed by atoms with Crippen LogP contribution in [0.2, 0.25) is 0 Å². The van der Waals surface area contributed by atoms with Crippen molar-refractivity contribution in [3.05, 3.63) is 29.3 Å². The van der Waals surface area contributed by atoms with Gasteiger partial charge in [0, 0.05) is 30.0 Å². The molecule has 1 N–H and O–H groups in total. The van der Waals surface area contributed by atoms with Gasteiger partial charge in [-0.2, -0.15) is 0 Å². The molecule has 26 heavy (non-hydrogen) atoms. The Labute approximate surface area is 157 Å². The Kier molecular flexibility index (Phi) is 6.32. The zero-order chi connectivity index (χ0) is 19.5. The van der Waals surface area contributed by atoms with Crippen LogP contribution in [0.3, 0.4) is 0 Å². The molecule has 0 aliphatic carbocycles. The number of amides is 2. The SMILES string of the molecule is COc1ccc(C)cc1C(C)NC(=O)C1CCN(C(=O)C(C)(C)C)CC1. The van der Waals surface area contributed by atoms with E-state index in [1.54, 1.807) is 7.11 Å². The first-order valence-corrected chi connectivity index (χ1v) is 9.37. The third-order valence-electron chi connectivity index (χ3n) is 5.01. The summed E-state index contributed by atoms with van der Waals surface area (Å²) in [5, 5.41) is 3.12. The Bertz CT molecular complexity index is 656. The van der Waals surface area contributed by atoms with Crippen LogP contribution in [-0.4, -0.2) is 36.9 Å². The van der Waals surface area contributed by atoms with E-state index in [2.05, 4.69) is 5.32 Å². The molecule has 1 unspecified atom stereocenters. The van der Waals surface area contributed by atoms with Gasteiger partial charge in [0.25, 0.3) is 0 Å². The van der Waals surface area contributed by atoms with E-state index >= 15 is 0 Å². The minimum absolute atomic E-state index is 0.0442. The van der Waals surface area contributed by atoms with E-state index in [0.717, 1.165) is 16.9 Å². The first kappa shape index (κ1) is 20.3. The number of nitrogens with one attached hydrogen (secondary N) is 1. The molecule has 1 fully saturated rings. The molecule has 2 amide bonds. The minimum Gasteiger partial charge on any atom is -0.496 e. The van der Waals surface area contributed by atoms with E-state index in [9.17, 15) is 9.59 Å². The summed E-state index contributed by atoms with van der Waals surface area (Å²) >= 11 is 0. The number of carbonyl (C=O) groups excluding carboxylic acids is 2. The van der Waals surface area contributed by atoms with Gasteiger partial charge in [-0.15, -0.1) is 0 Å². The highest BCUT2D eigenvalue weighted by molar-refractivity contribution is 5.83. The lowest BCUT2D eigenvalue weighted by Crippen LogP contribution is -2.46. The molecule has 1 saturated heterocycles.